The predicted octanol–water partition coefficient (Wildman–Crippen LogP) is 4.83. The number of ether oxygens (including phenoxy) is 1. The maximum atomic E-state index is 13.5. The molecule has 0 spiro atoms. The molecule has 1 aliphatic carbocycles. The number of aryl methyl sites for hydroxylation is 1. The van der Waals surface area contributed by atoms with Crippen molar-refractivity contribution in [2.24, 2.45) is 11.8 Å². The number of carbonyl (C=O) groups is 2. The van der Waals surface area contributed by atoms with Gasteiger partial charge < -0.3 is 15.0 Å². The van der Waals surface area contributed by atoms with Crippen LogP contribution < -0.4 is 10.1 Å². The van der Waals surface area contributed by atoms with E-state index in [4.69, 9.17) is 4.74 Å². The number of benzene rings is 2. The van der Waals surface area contributed by atoms with Gasteiger partial charge in [0.1, 0.15) is 5.75 Å². The molecule has 1 N–H and O–H groups in total. The first-order valence-corrected chi connectivity index (χ1v) is 12.3. The van der Waals surface area contributed by atoms with E-state index in [9.17, 15) is 9.59 Å². The SMILES string of the molecule is COc1ccccc1CCNC(=O)[C@@H]1CC[C@H](c2cccc(C)c2)N(C(=O)C2CCCC2)C1. The molecule has 2 amide bonds. The molecule has 0 aromatic heterocycles. The Hall–Kier alpha value is -2.82. The van der Waals surface area contributed by atoms with E-state index in [2.05, 4.69) is 36.5 Å². The molecule has 0 unspecified atom stereocenters. The molecule has 2 aliphatic rings. The summed E-state index contributed by atoms with van der Waals surface area (Å²) in [5, 5.41) is 3.11. The Kier molecular flexibility index (Phi) is 7.69. The molecule has 2 atom stereocenters. The van der Waals surface area contributed by atoms with Crippen molar-refractivity contribution in [2.75, 3.05) is 20.2 Å². The van der Waals surface area contributed by atoms with Crippen LogP contribution in [-0.2, 0) is 16.0 Å². The summed E-state index contributed by atoms with van der Waals surface area (Å²) >= 11 is 0. The van der Waals surface area contributed by atoms with E-state index in [-0.39, 0.29) is 29.7 Å². The lowest BCUT2D eigenvalue weighted by molar-refractivity contribution is -0.142. The van der Waals surface area contributed by atoms with Crippen LogP contribution in [0.4, 0.5) is 0 Å². The average molecular weight is 449 g/mol. The van der Waals surface area contributed by atoms with Crippen molar-refractivity contribution in [1.29, 1.82) is 0 Å². The molecule has 0 radical (unpaired) electrons. The number of likely N-dealkylation sites (tertiary alicyclic amines) is 1. The zero-order valence-corrected chi connectivity index (χ0v) is 19.9. The fourth-order valence-electron chi connectivity index (χ4n) is 5.43. The number of para-hydroxylation sites is 1. The molecule has 2 fully saturated rings. The quantitative estimate of drug-likeness (QED) is 0.660. The van der Waals surface area contributed by atoms with Crippen molar-refractivity contribution >= 4 is 11.8 Å². The van der Waals surface area contributed by atoms with E-state index >= 15 is 0 Å². The van der Waals surface area contributed by atoms with E-state index < -0.39 is 0 Å². The van der Waals surface area contributed by atoms with E-state index in [1.807, 2.05) is 29.2 Å². The van der Waals surface area contributed by atoms with Crippen LogP contribution in [0.3, 0.4) is 0 Å². The Morgan fingerprint density at radius 3 is 2.55 bits per heavy atom. The number of amides is 2. The summed E-state index contributed by atoms with van der Waals surface area (Å²) in [7, 11) is 1.67. The fourth-order valence-corrected chi connectivity index (χ4v) is 5.43. The topological polar surface area (TPSA) is 58.6 Å². The smallest absolute Gasteiger partial charge is 0.226 e. The van der Waals surface area contributed by atoms with Gasteiger partial charge in [0, 0.05) is 19.0 Å². The number of methoxy groups -OCH3 is 1. The number of hydrogen-bond donors (Lipinski definition) is 1. The minimum Gasteiger partial charge on any atom is -0.496 e. The summed E-state index contributed by atoms with van der Waals surface area (Å²) in [4.78, 5) is 28.6. The highest BCUT2D eigenvalue weighted by molar-refractivity contribution is 5.83. The molecule has 0 bridgehead atoms. The number of piperidine rings is 1. The van der Waals surface area contributed by atoms with Crippen molar-refractivity contribution < 1.29 is 14.3 Å². The normalized spacial score (nSPS) is 21.1. The third kappa shape index (κ3) is 5.58. The van der Waals surface area contributed by atoms with Crippen LogP contribution in [0.1, 0.15) is 61.3 Å². The summed E-state index contributed by atoms with van der Waals surface area (Å²) in [5.74, 6) is 1.10. The highest BCUT2D eigenvalue weighted by atomic mass is 16.5. The summed E-state index contributed by atoms with van der Waals surface area (Å²) in [6.07, 6.45) is 6.56. The first-order chi connectivity index (χ1) is 16.1. The minimum atomic E-state index is -0.158. The first-order valence-electron chi connectivity index (χ1n) is 12.3. The Labute approximate surface area is 197 Å². The molecular weight excluding hydrogens is 412 g/mol. The van der Waals surface area contributed by atoms with Gasteiger partial charge in [0.2, 0.25) is 11.8 Å². The molecule has 4 rings (SSSR count). The highest BCUT2D eigenvalue weighted by Gasteiger charge is 2.38. The summed E-state index contributed by atoms with van der Waals surface area (Å²) in [6.45, 7) is 3.16. The van der Waals surface area contributed by atoms with Crippen LogP contribution in [0.25, 0.3) is 0 Å². The van der Waals surface area contributed by atoms with Crippen molar-refractivity contribution in [3.63, 3.8) is 0 Å². The second-order valence-corrected chi connectivity index (χ2v) is 9.53. The lowest BCUT2D eigenvalue weighted by atomic mass is 9.86. The van der Waals surface area contributed by atoms with Crippen LogP contribution >= 0.6 is 0 Å². The summed E-state index contributed by atoms with van der Waals surface area (Å²) < 4.78 is 5.41. The van der Waals surface area contributed by atoms with E-state index in [1.165, 1.54) is 11.1 Å². The lowest BCUT2D eigenvalue weighted by Gasteiger charge is -2.41. The van der Waals surface area contributed by atoms with Gasteiger partial charge in [-0.3, -0.25) is 9.59 Å². The van der Waals surface area contributed by atoms with Crippen molar-refractivity contribution in [3.05, 3.63) is 65.2 Å². The van der Waals surface area contributed by atoms with Gasteiger partial charge in [0.15, 0.2) is 0 Å². The molecule has 2 aromatic carbocycles. The second kappa shape index (κ2) is 10.9. The van der Waals surface area contributed by atoms with Crippen LogP contribution in [0, 0.1) is 18.8 Å². The third-order valence-electron chi connectivity index (χ3n) is 7.25. The molecule has 1 saturated heterocycles. The van der Waals surface area contributed by atoms with Crippen LogP contribution in [0.15, 0.2) is 48.5 Å². The number of hydrogen-bond acceptors (Lipinski definition) is 3. The maximum Gasteiger partial charge on any atom is 0.226 e. The van der Waals surface area contributed by atoms with Gasteiger partial charge in [-0.2, -0.15) is 0 Å². The molecule has 176 valence electrons. The van der Waals surface area contributed by atoms with E-state index in [0.717, 1.165) is 56.3 Å². The monoisotopic (exact) mass is 448 g/mol. The molecule has 5 nitrogen and oxygen atoms in total. The summed E-state index contributed by atoms with van der Waals surface area (Å²) in [6, 6.07) is 16.4. The largest absolute Gasteiger partial charge is 0.496 e. The average Bonchev–Trinajstić information content (AvgIpc) is 3.38. The maximum absolute atomic E-state index is 13.5. The van der Waals surface area contributed by atoms with Crippen molar-refractivity contribution in [3.8, 4) is 5.75 Å². The number of carbonyl (C=O) groups excluding carboxylic acids is 2. The van der Waals surface area contributed by atoms with Gasteiger partial charge in [-0.1, -0.05) is 60.9 Å². The molecule has 2 aromatic rings. The van der Waals surface area contributed by atoms with Gasteiger partial charge in [-0.25, -0.2) is 0 Å². The molecule has 5 heteroatoms. The molecule has 33 heavy (non-hydrogen) atoms. The highest BCUT2D eigenvalue weighted by Crippen LogP contribution is 2.37. The van der Waals surface area contributed by atoms with Gasteiger partial charge in [0.25, 0.3) is 0 Å². The molecule has 1 heterocycles. The fraction of sp³-hybridized carbons (Fsp3) is 0.500. The second-order valence-electron chi connectivity index (χ2n) is 9.53. The lowest BCUT2D eigenvalue weighted by Crippen LogP contribution is -2.48. The Morgan fingerprint density at radius 2 is 1.79 bits per heavy atom. The standard InChI is InChI=1S/C28H36N2O3/c1-20-8-7-12-23(18-20)25-15-14-24(19-30(25)28(32)22-10-3-4-11-22)27(31)29-17-16-21-9-5-6-13-26(21)33-2/h5-9,12-13,18,22,24-25H,3-4,10-11,14-17,19H2,1-2H3,(H,29,31)/t24-,25-/m1/s1. The minimum absolute atomic E-state index is 0.0526. The van der Waals surface area contributed by atoms with Gasteiger partial charge in [0.05, 0.1) is 19.1 Å². The number of nitrogens with one attached hydrogen (secondary N) is 1. The van der Waals surface area contributed by atoms with Crippen molar-refractivity contribution in [2.45, 2.75) is 57.9 Å². The predicted molar refractivity (Wildman–Crippen MR) is 130 cm³/mol. The zero-order chi connectivity index (χ0) is 23.2. The Bertz CT molecular complexity index is 967. The summed E-state index contributed by atoms with van der Waals surface area (Å²) in [5.41, 5.74) is 3.48. The van der Waals surface area contributed by atoms with Gasteiger partial charge in [-0.15, -0.1) is 0 Å². The van der Waals surface area contributed by atoms with Gasteiger partial charge >= 0.3 is 0 Å². The van der Waals surface area contributed by atoms with E-state index in [1.54, 1.807) is 7.11 Å². The molecule has 1 saturated carbocycles. The zero-order valence-electron chi connectivity index (χ0n) is 19.9. The van der Waals surface area contributed by atoms with E-state index in [0.29, 0.717) is 13.1 Å². The third-order valence-corrected chi connectivity index (χ3v) is 7.25. The van der Waals surface area contributed by atoms with Crippen molar-refractivity contribution in [1.82, 2.24) is 10.2 Å². The Balaban J connectivity index is 1.42. The first kappa shape index (κ1) is 23.3. The number of nitrogens with zero attached hydrogens (tertiary/aromatic N) is 1. The molecule has 1 aliphatic heterocycles. The number of rotatable bonds is 7. The Morgan fingerprint density at radius 1 is 1.00 bits per heavy atom. The van der Waals surface area contributed by atoms with Crippen LogP contribution in [0.2, 0.25) is 0 Å². The van der Waals surface area contributed by atoms with Gasteiger partial charge in [-0.05, 0) is 56.2 Å². The van der Waals surface area contributed by atoms with Crippen LogP contribution in [-0.4, -0.2) is 36.9 Å². The van der Waals surface area contributed by atoms with Crippen LogP contribution in [0.5, 0.6) is 5.75 Å². The molecular formula is C28H36N2O3.